The number of hydrogen-bond acceptors (Lipinski definition) is 6. The topological polar surface area (TPSA) is 151 Å². The van der Waals surface area contributed by atoms with Gasteiger partial charge in [-0.05, 0) is 111 Å². The van der Waals surface area contributed by atoms with Crippen LogP contribution >= 0.6 is 0 Å². The number of carboxylic acids is 1. The average Bonchev–Trinajstić information content (AvgIpc) is 3.70. The summed E-state index contributed by atoms with van der Waals surface area (Å²) in [6.07, 6.45) is 19.5. The van der Waals surface area contributed by atoms with E-state index in [4.69, 9.17) is 10.7 Å². The lowest BCUT2D eigenvalue weighted by Crippen LogP contribution is -2.37. The molecule has 0 spiro atoms. The van der Waals surface area contributed by atoms with Crippen molar-refractivity contribution in [1.82, 2.24) is 9.97 Å². The molecule has 1 aromatic carbocycles. The second-order valence-electron chi connectivity index (χ2n) is 15.6. The van der Waals surface area contributed by atoms with E-state index in [1.54, 1.807) is 6.20 Å². The summed E-state index contributed by atoms with van der Waals surface area (Å²) in [5.74, 6) is -0.609. The van der Waals surface area contributed by atoms with Crippen LogP contribution in [0.5, 0.6) is 0 Å². The number of anilines is 1. The Hall–Kier alpha value is -3.46. The van der Waals surface area contributed by atoms with E-state index >= 15 is 0 Å². The highest BCUT2D eigenvalue weighted by Gasteiger charge is 2.45. The van der Waals surface area contributed by atoms with Crippen molar-refractivity contribution in [3.8, 4) is 11.1 Å². The van der Waals surface area contributed by atoms with Gasteiger partial charge in [0.15, 0.2) is 0 Å². The van der Waals surface area contributed by atoms with E-state index in [1.165, 1.54) is 19.3 Å². The van der Waals surface area contributed by atoms with Crippen LogP contribution in [0.3, 0.4) is 0 Å². The zero-order valence-electron chi connectivity index (χ0n) is 30.5. The minimum Gasteiger partial charge on any atom is -0.667 e. The molecule has 3 aromatic rings. The summed E-state index contributed by atoms with van der Waals surface area (Å²) < 4.78 is 0. The monoisotopic (exact) mass is 698 g/mol. The molecule has 278 valence electrons. The molecule has 6 N–H and O–H groups in total. The number of hydrogen-bond donors (Lipinski definition) is 5. The normalized spacial score (nSPS) is 25.9. The first-order chi connectivity index (χ1) is 24.6. The van der Waals surface area contributed by atoms with Gasteiger partial charge < -0.3 is 31.1 Å². The smallest absolute Gasteiger partial charge is 0.309 e. The number of carboxylic acid groups (broad SMARTS) is 1. The lowest BCUT2D eigenvalue weighted by atomic mass is 9.80. The molecule has 8 heteroatoms. The van der Waals surface area contributed by atoms with Crippen molar-refractivity contribution in [2.45, 2.75) is 127 Å². The minimum absolute atomic E-state index is 0.0773. The molecule has 1 saturated carbocycles. The number of aliphatic carboxylic acids is 1. The van der Waals surface area contributed by atoms with Gasteiger partial charge in [0.25, 0.3) is 0 Å². The van der Waals surface area contributed by atoms with Crippen molar-refractivity contribution < 1.29 is 25.2 Å². The highest BCUT2D eigenvalue weighted by atomic mass is 16.4. The molecule has 8 nitrogen and oxygen atoms in total. The van der Waals surface area contributed by atoms with E-state index < -0.39 is 23.6 Å². The summed E-state index contributed by atoms with van der Waals surface area (Å²) in [5.41, 5.74) is 9.06. The van der Waals surface area contributed by atoms with Gasteiger partial charge in [-0.15, -0.1) is 0 Å². The maximum absolute atomic E-state index is 12.3. The van der Waals surface area contributed by atoms with E-state index in [-0.39, 0.29) is 30.3 Å². The third-order valence-corrected chi connectivity index (χ3v) is 11.7. The van der Waals surface area contributed by atoms with E-state index in [1.807, 2.05) is 36.5 Å². The Labute approximate surface area is 304 Å². The number of nitrogen functional groups attached to an aromatic ring is 1. The predicted molar refractivity (Wildman–Crippen MR) is 203 cm³/mol. The van der Waals surface area contributed by atoms with E-state index in [0.29, 0.717) is 43.8 Å². The Bertz CT molecular complexity index is 1520. The highest BCUT2D eigenvalue weighted by Crippen LogP contribution is 2.46. The Balaban J connectivity index is 1.14. The van der Waals surface area contributed by atoms with Gasteiger partial charge in [-0.1, -0.05) is 94.0 Å². The standard InChI is InChI=1S/C43H60N3O5/c1-2-3-6-11-30-16-17-34(40(48)24-30)14-9-5-10-15-38(42(49)50)39(47)18-20-43(51)28-32(22-31-19-21-45-41(44)25-31)23-36(43)27-37-26-35(29-46-37)33-12-7-4-8-13-33/h4,7-8,12-13,16-17,19,21,25-26,29-30,32,34,36,38-40,47-48,51H,2-3,5-6,9-11,14-15,18,20,22-24,27-28H2,1H3,(H2,44,45)(H,49,50)/q-1. The zero-order valence-corrected chi connectivity index (χ0v) is 30.5. The second-order valence-corrected chi connectivity index (χ2v) is 15.6. The molecule has 0 radical (unpaired) electrons. The Morgan fingerprint density at radius 1 is 0.980 bits per heavy atom. The Morgan fingerprint density at radius 2 is 1.78 bits per heavy atom. The number of aromatic nitrogens is 2. The average molecular weight is 699 g/mol. The number of nitrogens with zero attached hydrogens (tertiary/aromatic N) is 2. The quantitative estimate of drug-likeness (QED) is 0.0594. The number of allylic oxidation sites excluding steroid dienone is 1. The van der Waals surface area contributed by atoms with Gasteiger partial charge in [0, 0.05) is 12.1 Å². The number of carbonyl (C=O) groups is 1. The zero-order chi connectivity index (χ0) is 36.2. The molecule has 2 aromatic heterocycles. The number of aliphatic hydroxyl groups excluding tert-OH is 2. The predicted octanol–water partition coefficient (Wildman–Crippen LogP) is 7.76. The third kappa shape index (κ3) is 11.3. The van der Waals surface area contributed by atoms with Crippen LogP contribution in [0.25, 0.3) is 11.1 Å². The van der Waals surface area contributed by atoms with Gasteiger partial charge in [0.05, 0.1) is 23.7 Å². The minimum atomic E-state index is -1.05. The third-order valence-electron chi connectivity index (χ3n) is 11.7. The number of unbranched alkanes of at least 4 members (excludes halogenated alkanes) is 4. The first-order valence-electron chi connectivity index (χ1n) is 19.5. The van der Waals surface area contributed by atoms with Gasteiger partial charge in [0.2, 0.25) is 0 Å². The lowest BCUT2D eigenvalue weighted by Gasteiger charge is -2.33. The number of rotatable bonds is 20. The molecular weight excluding hydrogens is 638 g/mol. The van der Waals surface area contributed by atoms with Gasteiger partial charge in [-0.2, -0.15) is 11.9 Å². The summed E-state index contributed by atoms with van der Waals surface area (Å²) in [6, 6.07) is 16.1. The van der Waals surface area contributed by atoms with Gasteiger partial charge >= 0.3 is 5.97 Å². The molecule has 8 unspecified atom stereocenters. The second kappa shape index (κ2) is 18.9. The molecule has 0 amide bonds. The van der Waals surface area contributed by atoms with Gasteiger partial charge in [-0.25, -0.2) is 4.98 Å². The van der Waals surface area contributed by atoms with Crippen molar-refractivity contribution in [1.29, 1.82) is 0 Å². The van der Waals surface area contributed by atoms with E-state index in [9.17, 15) is 25.2 Å². The van der Waals surface area contributed by atoms with Crippen LogP contribution in [0.1, 0.15) is 108 Å². The van der Waals surface area contributed by atoms with Gasteiger partial charge in [-0.3, -0.25) is 4.79 Å². The van der Waals surface area contributed by atoms with Crippen molar-refractivity contribution >= 4 is 11.8 Å². The SMILES string of the molecule is CCCCCC1C=CC(CCCCCC(C(=O)O)C(O)CCC2(O)CC(Cc3ccnc(N)c3)CC2Cc2cc(-c3ccccc3)c[n-]2)C(O)C1. The first kappa shape index (κ1) is 38.8. The van der Waals surface area contributed by atoms with Crippen molar-refractivity contribution in [2.75, 3.05) is 5.73 Å². The molecule has 2 heterocycles. The fraction of sp³-hybridized carbons (Fsp3) is 0.581. The maximum atomic E-state index is 12.3. The van der Waals surface area contributed by atoms with Crippen LogP contribution in [0.15, 0.2) is 73.1 Å². The summed E-state index contributed by atoms with van der Waals surface area (Å²) in [4.78, 5) is 21.1. The van der Waals surface area contributed by atoms with Crippen molar-refractivity contribution in [3.05, 3.63) is 84.3 Å². The number of aliphatic hydroxyl groups is 3. The lowest BCUT2D eigenvalue weighted by molar-refractivity contribution is -0.146. The largest absolute Gasteiger partial charge is 0.667 e. The molecule has 51 heavy (non-hydrogen) atoms. The molecule has 2 aliphatic carbocycles. The van der Waals surface area contributed by atoms with E-state index in [0.717, 1.165) is 67.3 Å². The molecule has 2 aliphatic rings. The van der Waals surface area contributed by atoms with Crippen LogP contribution < -0.4 is 10.7 Å². The summed E-state index contributed by atoms with van der Waals surface area (Å²) in [7, 11) is 0. The van der Waals surface area contributed by atoms with Crippen molar-refractivity contribution in [2.24, 2.45) is 29.6 Å². The Morgan fingerprint density at radius 3 is 2.53 bits per heavy atom. The van der Waals surface area contributed by atoms with Crippen LogP contribution in [-0.4, -0.2) is 49.2 Å². The molecule has 1 fully saturated rings. The van der Waals surface area contributed by atoms with Crippen LogP contribution in [0, 0.1) is 29.6 Å². The van der Waals surface area contributed by atoms with Crippen LogP contribution in [-0.2, 0) is 17.6 Å². The number of nitrogens with two attached hydrogens (primary N) is 1. The molecular formula is C43H60N3O5-. The number of benzene rings is 1. The highest BCUT2D eigenvalue weighted by molar-refractivity contribution is 5.70. The van der Waals surface area contributed by atoms with Gasteiger partial charge in [0.1, 0.15) is 5.82 Å². The fourth-order valence-corrected chi connectivity index (χ4v) is 8.77. The van der Waals surface area contributed by atoms with E-state index in [2.05, 4.69) is 42.3 Å². The number of pyridine rings is 1. The maximum Gasteiger partial charge on any atom is 0.309 e. The van der Waals surface area contributed by atoms with Crippen LogP contribution in [0.2, 0.25) is 0 Å². The Kier molecular flexibility index (Phi) is 14.3. The molecule has 5 rings (SSSR count). The molecule has 0 bridgehead atoms. The summed E-state index contributed by atoms with van der Waals surface area (Å²) >= 11 is 0. The van der Waals surface area contributed by atoms with Crippen molar-refractivity contribution in [3.63, 3.8) is 0 Å². The summed E-state index contributed by atoms with van der Waals surface area (Å²) in [6.45, 7) is 2.21. The summed E-state index contributed by atoms with van der Waals surface area (Å²) in [5, 5.41) is 44.2. The molecule has 8 atom stereocenters. The molecule has 0 saturated heterocycles. The van der Waals surface area contributed by atoms with Crippen LogP contribution in [0.4, 0.5) is 5.82 Å². The molecule has 0 aliphatic heterocycles. The fourth-order valence-electron chi connectivity index (χ4n) is 8.77. The first-order valence-corrected chi connectivity index (χ1v) is 19.5.